The van der Waals surface area contributed by atoms with E-state index in [9.17, 15) is 9.59 Å². The Labute approximate surface area is 133 Å². The molecule has 0 saturated carbocycles. The fraction of sp³-hybridized carbons (Fsp3) is 0.875. The molecule has 0 aliphatic carbocycles. The topological polar surface area (TPSA) is 49.4 Å². The number of nitrogens with one attached hydrogen (secondary N) is 1. The van der Waals surface area contributed by atoms with E-state index in [1.165, 1.54) is 0 Å². The van der Waals surface area contributed by atoms with E-state index in [1.54, 1.807) is 0 Å². The van der Waals surface area contributed by atoms with Gasteiger partial charge in [-0.1, -0.05) is 34.6 Å². The van der Waals surface area contributed by atoms with E-state index in [4.69, 9.17) is 0 Å². The van der Waals surface area contributed by atoms with Crippen LogP contribution in [0.2, 0.25) is 0 Å². The molecule has 0 radical (unpaired) electrons. The fourth-order valence-electron chi connectivity index (χ4n) is 2.97. The van der Waals surface area contributed by atoms with Crippen molar-refractivity contribution in [1.82, 2.24) is 10.2 Å². The summed E-state index contributed by atoms with van der Waals surface area (Å²) in [4.78, 5) is 27.0. The molecule has 0 aromatic rings. The van der Waals surface area contributed by atoms with Gasteiger partial charge < -0.3 is 10.2 Å². The molecule has 4 nitrogen and oxygen atoms in total. The average molecular weight is 314 g/mol. The van der Waals surface area contributed by atoms with Crippen molar-refractivity contribution in [3.05, 3.63) is 0 Å². The zero-order valence-electron chi connectivity index (χ0n) is 14.2. The van der Waals surface area contributed by atoms with Crippen LogP contribution in [0.4, 0.5) is 0 Å². The van der Waals surface area contributed by atoms with Gasteiger partial charge in [-0.05, 0) is 31.4 Å². The van der Waals surface area contributed by atoms with Crippen molar-refractivity contribution in [2.75, 3.05) is 12.8 Å². The van der Waals surface area contributed by atoms with Crippen molar-refractivity contribution in [2.24, 2.45) is 5.92 Å². The Kier molecular flexibility index (Phi) is 6.57. The summed E-state index contributed by atoms with van der Waals surface area (Å²) in [5.74, 6) is 0.198. The van der Waals surface area contributed by atoms with Crippen molar-refractivity contribution in [3.8, 4) is 0 Å². The SMILES string of the molecule is CCC1C(=O)NC(C(C)C)C(=O)N1CC(CC)(CC)SC. The third kappa shape index (κ3) is 3.74. The lowest BCUT2D eigenvalue weighted by atomic mass is 9.94. The molecule has 2 atom stereocenters. The molecule has 0 spiro atoms. The summed E-state index contributed by atoms with van der Waals surface area (Å²) >= 11 is 1.81. The van der Waals surface area contributed by atoms with E-state index in [0.29, 0.717) is 13.0 Å². The van der Waals surface area contributed by atoms with E-state index >= 15 is 0 Å². The minimum atomic E-state index is -0.381. The minimum Gasteiger partial charge on any atom is -0.342 e. The number of rotatable bonds is 7. The molecule has 1 saturated heterocycles. The molecule has 1 fully saturated rings. The highest BCUT2D eigenvalue weighted by molar-refractivity contribution is 8.00. The fourth-order valence-corrected chi connectivity index (χ4v) is 3.81. The summed E-state index contributed by atoms with van der Waals surface area (Å²) < 4.78 is 0.0439. The lowest BCUT2D eigenvalue weighted by molar-refractivity contribution is -0.151. The van der Waals surface area contributed by atoms with Crippen molar-refractivity contribution in [1.29, 1.82) is 0 Å². The standard InChI is InChI=1S/C16H30N2O2S/c1-7-12-14(19)17-13(11(4)5)15(20)18(12)10-16(8-2,9-3)21-6/h11-13H,7-10H2,1-6H3,(H,17,19). The summed E-state index contributed by atoms with van der Waals surface area (Å²) in [6.45, 7) is 10.9. The van der Waals surface area contributed by atoms with Gasteiger partial charge >= 0.3 is 0 Å². The van der Waals surface area contributed by atoms with E-state index in [0.717, 1.165) is 12.8 Å². The van der Waals surface area contributed by atoms with Crippen molar-refractivity contribution in [3.63, 3.8) is 0 Å². The summed E-state index contributed by atoms with van der Waals surface area (Å²) in [5.41, 5.74) is 0. The summed E-state index contributed by atoms with van der Waals surface area (Å²) in [6, 6.07) is -0.703. The van der Waals surface area contributed by atoms with Gasteiger partial charge in [0, 0.05) is 11.3 Å². The number of hydrogen-bond donors (Lipinski definition) is 1. The third-order valence-corrected chi connectivity index (χ3v) is 6.33. The first-order valence-electron chi connectivity index (χ1n) is 8.01. The normalized spacial score (nSPS) is 23.7. The van der Waals surface area contributed by atoms with Gasteiger partial charge in [-0.15, -0.1) is 0 Å². The van der Waals surface area contributed by atoms with Crippen LogP contribution in [-0.2, 0) is 9.59 Å². The molecular weight excluding hydrogens is 284 g/mol. The minimum absolute atomic E-state index is 0.00184. The van der Waals surface area contributed by atoms with Gasteiger partial charge in [-0.3, -0.25) is 9.59 Å². The van der Waals surface area contributed by atoms with E-state index in [1.807, 2.05) is 37.4 Å². The summed E-state index contributed by atoms with van der Waals surface area (Å²) in [5, 5.41) is 2.90. The second-order valence-corrected chi connectivity index (χ2v) is 7.49. The number of hydrogen-bond acceptors (Lipinski definition) is 3. The molecule has 0 bridgehead atoms. The Hall–Kier alpha value is -0.710. The highest BCUT2D eigenvalue weighted by atomic mass is 32.2. The van der Waals surface area contributed by atoms with Crippen LogP contribution in [0.1, 0.15) is 53.9 Å². The predicted molar refractivity (Wildman–Crippen MR) is 89.4 cm³/mol. The average Bonchev–Trinajstić information content (AvgIpc) is 2.47. The molecule has 122 valence electrons. The molecule has 1 heterocycles. The van der Waals surface area contributed by atoms with Crippen LogP contribution in [0.25, 0.3) is 0 Å². The van der Waals surface area contributed by atoms with Crippen LogP contribution in [0, 0.1) is 5.92 Å². The Morgan fingerprint density at radius 3 is 2.19 bits per heavy atom. The largest absolute Gasteiger partial charge is 0.342 e. The number of thioether (sulfide) groups is 1. The molecule has 1 rings (SSSR count). The van der Waals surface area contributed by atoms with E-state index in [2.05, 4.69) is 25.4 Å². The maximum absolute atomic E-state index is 12.8. The molecule has 2 unspecified atom stereocenters. The monoisotopic (exact) mass is 314 g/mol. The maximum atomic E-state index is 12.8. The molecule has 1 N–H and O–H groups in total. The molecule has 21 heavy (non-hydrogen) atoms. The first-order chi connectivity index (χ1) is 9.85. The maximum Gasteiger partial charge on any atom is 0.246 e. The third-order valence-electron chi connectivity index (χ3n) is 4.76. The van der Waals surface area contributed by atoms with E-state index in [-0.39, 0.29) is 34.6 Å². The smallest absolute Gasteiger partial charge is 0.246 e. The van der Waals surface area contributed by atoms with Gasteiger partial charge in [0.1, 0.15) is 12.1 Å². The second kappa shape index (κ2) is 7.52. The van der Waals surface area contributed by atoms with Crippen LogP contribution < -0.4 is 5.32 Å². The lowest BCUT2D eigenvalue weighted by Crippen LogP contribution is -2.66. The number of piperazine rings is 1. The van der Waals surface area contributed by atoms with Gasteiger partial charge in [0.05, 0.1) is 0 Å². The van der Waals surface area contributed by atoms with Gasteiger partial charge in [-0.25, -0.2) is 0 Å². The van der Waals surface area contributed by atoms with Crippen molar-refractivity contribution in [2.45, 2.75) is 70.7 Å². The van der Waals surface area contributed by atoms with Crippen LogP contribution in [0.3, 0.4) is 0 Å². The molecule has 1 aliphatic heterocycles. The zero-order valence-corrected chi connectivity index (χ0v) is 15.0. The predicted octanol–water partition coefficient (Wildman–Crippen LogP) is 2.67. The molecular formula is C16H30N2O2S. The van der Waals surface area contributed by atoms with Crippen LogP contribution in [0.15, 0.2) is 0 Å². The highest BCUT2D eigenvalue weighted by Crippen LogP contribution is 2.33. The van der Waals surface area contributed by atoms with Gasteiger partial charge in [0.2, 0.25) is 11.8 Å². The van der Waals surface area contributed by atoms with Gasteiger partial charge in [-0.2, -0.15) is 11.8 Å². The van der Waals surface area contributed by atoms with Crippen LogP contribution >= 0.6 is 11.8 Å². The van der Waals surface area contributed by atoms with Crippen molar-refractivity contribution >= 4 is 23.6 Å². The summed E-state index contributed by atoms with van der Waals surface area (Å²) in [7, 11) is 0. The second-order valence-electron chi connectivity index (χ2n) is 6.21. The zero-order chi connectivity index (χ0) is 16.2. The Bertz CT molecular complexity index is 372. The quantitative estimate of drug-likeness (QED) is 0.786. The first kappa shape index (κ1) is 18.3. The molecule has 5 heteroatoms. The Morgan fingerprint density at radius 1 is 1.24 bits per heavy atom. The summed E-state index contributed by atoms with van der Waals surface area (Å²) in [6.07, 6.45) is 4.76. The molecule has 1 aliphatic rings. The van der Waals surface area contributed by atoms with Crippen LogP contribution in [-0.4, -0.2) is 46.3 Å². The number of nitrogens with zero attached hydrogens (tertiary/aromatic N) is 1. The van der Waals surface area contributed by atoms with Crippen LogP contribution in [0.5, 0.6) is 0 Å². The van der Waals surface area contributed by atoms with E-state index < -0.39 is 0 Å². The number of carbonyl (C=O) groups is 2. The van der Waals surface area contributed by atoms with Gasteiger partial charge in [0.15, 0.2) is 0 Å². The Morgan fingerprint density at radius 2 is 1.81 bits per heavy atom. The molecule has 2 amide bonds. The lowest BCUT2D eigenvalue weighted by Gasteiger charge is -2.44. The van der Waals surface area contributed by atoms with Gasteiger partial charge in [0.25, 0.3) is 0 Å². The first-order valence-corrected chi connectivity index (χ1v) is 9.24. The highest BCUT2D eigenvalue weighted by Gasteiger charge is 2.43. The number of carbonyl (C=O) groups excluding carboxylic acids is 2. The van der Waals surface area contributed by atoms with Crippen molar-refractivity contribution < 1.29 is 9.59 Å². The molecule has 0 aromatic carbocycles. The molecule has 0 aromatic heterocycles. The Balaban J connectivity index is 3.07. The number of amides is 2.